The highest BCUT2D eigenvalue weighted by atomic mass is 16.1. The van der Waals surface area contributed by atoms with E-state index in [9.17, 15) is 9.59 Å². The van der Waals surface area contributed by atoms with E-state index in [1.165, 1.54) is 51.9 Å². The minimum absolute atomic E-state index is 0. The highest BCUT2D eigenvalue weighted by molar-refractivity contribution is 6.26. The number of rotatable bonds is 20. The quantitative estimate of drug-likeness (QED) is 0.130. The van der Waals surface area contributed by atoms with Crippen LogP contribution in [0.25, 0.3) is 0 Å². The minimum atomic E-state index is -0.0228. The Balaban J connectivity index is 0.0000120. The van der Waals surface area contributed by atoms with Gasteiger partial charge < -0.3 is 0 Å². The fraction of sp³-hybridized carbons (Fsp3) is 0.489. The Labute approximate surface area is 301 Å². The molecule has 0 atom stereocenters. The second kappa shape index (κ2) is 23.8. The Hall–Kier alpha value is -3.52. The van der Waals surface area contributed by atoms with E-state index >= 15 is 0 Å². The SMILES string of the molecule is C.CC(C)=CCC/C(C)=C/CC/C(C)=C/CC/C(C)=C/CC/C(C)=C/CC/C(C)=C/CC/C(C)=C/CC1=C(C)C(=O)c2ccccc2C1=O. The summed E-state index contributed by atoms with van der Waals surface area (Å²) in [6.45, 7) is 19.6. The van der Waals surface area contributed by atoms with Crippen LogP contribution in [0.1, 0.15) is 174 Å². The molecular weight excluding hydrogens is 597 g/mol. The van der Waals surface area contributed by atoms with Crippen LogP contribution >= 0.6 is 0 Å². The van der Waals surface area contributed by atoms with Crippen molar-refractivity contribution < 1.29 is 9.59 Å². The van der Waals surface area contributed by atoms with Gasteiger partial charge in [-0.3, -0.25) is 9.59 Å². The summed E-state index contributed by atoms with van der Waals surface area (Å²) in [5, 5.41) is 0. The predicted molar refractivity (Wildman–Crippen MR) is 217 cm³/mol. The van der Waals surface area contributed by atoms with Gasteiger partial charge in [0.15, 0.2) is 11.6 Å². The summed E-state index contributed by atoms with van der Waals surface area (Å²) >= 11 is 0. The molecule has 268 valence electrons. The number of carbonyl (C=O) groups is 2. The van der Waals surface area contributed by atoms with Crippen molar-refractivity contribution in [1.29, 1.82) is 0 Å². The largest absolute Gasteiger partial charge is 0.289 e. The molecule has 0 unspecified atom stereocenters. The molecule has 0 spiro atoms. The highest BCUT2D eigenvalue weighted by Crippen LogP contribution is 2.28. The molecule has 0 amide bonds. The molecule has 0 aromatic heterocycles. The molecule has 0 aliphatic heterocycles. The molecule has 1 aliphatic rings. The van der Waals surface area contributed by atoms with E-state index in [-0.39, 0.29) is 19.0 Å². The summed E-state index contributed by atoms with van der Waals surface area (Å²) in [6, 6.07) is 7.15. The average molecular weight is 665 g/mol. The maximum atomic E-state index is 13.0. The van der Waals surface area contributed by atoms with Crippen LogP contribution < -0.4 is 0 Å². The molecule has 0 heterocycles. The number of carbonyl (C=O) groups excluding carboxylic acids is 2. The van der Waals surface area contributed by atoms with Crippen LogP contribution in [0.15, 0.2) is 117 Å². The van der Waals surface area contributed by atoms with Crippen molar-refractivity contribution in [3.8, 4) is 0 Å². The Morgan fingerprint density at radius 3 is 1.12 bits per heavy atom. The Morgan fingerprint density at radius 1 is 0.469 bits per heavy atom. The average Bonchev–Trinajstić information content (AvgIpc) is 3.03. The van der Waals surface area contributed by atoms with Gasteiger partial charge >= 0.3 is 0 Å². The zero-order valence-corrected chi connectivity index (χ0v) is 31.9. The molecule has 0 saturated carbocycles. The second-order valence-corrected chi connectivity index (χ2v) is 14.3. The van der Waals surface area contributed by atoms with E-state index in [1.54, 1.807) is 19.1 Å². The first-order valence-corrected chi connectivity index (χ1v) is 18.3. The number of fused-ring (bicyclic) bond motifs is 1. The van der Waals surface area contributed by atoms with Gasteiger partial charge in [-0.1, -0.05) is 113 Å². The number of allylic oxidation sites excluding steroid dienone is 16. The van der Waals surface area contributed by atoms with Crippen LogP contribution in [0.4, 0.5) is 0 Å². The normalized spacial score (nSPS) is 15.0. The van der Waals surface area contributed by atoms with Crippen molar-refractivity contribution >= 4 is 11.6 Å². The molecule has 1 aromatic carbocycles. The van der Waals surface area contributed by atoms with Crippen LogP contribution in [0, 0.1) is 0 Å². The highest BCUT2D eigenvalue weighted by Gasteiger charge is 2.28. The first kappa shape index (κ1) is 43.5. The minimum Gasteiger partial charge on any atom is -0.289 e. The van der Waals surface area contributed by atoms with Crippen LogP contribution in [-0.4, -0.2) is 11.6 Å². The number of Topliss-reactive ketones (excluding diaryl/α,β-unsaturated/α-hetero) is 2. The van der Waals surface area contributed by atoms with Gasteiger partial charge in [-0.05, 0) is 146 Å². The topological polar surface area (TPSA) is 34.1 Å². The molecule has 0 bridgehead atoms. The molecule has 49 heavy (non-hydrogen) atoms. The van der Waals surface area contributed by atoms with Gasteiger partial charge in [0.05, 0.1) is 0 Å². The lowest BCUT2D eigenvalue weighted by molar-refractivity contribution is 0.0973. The molecule has 0 saturated heterocycles. The monoisotopic (exact) mass is 665 g/mol. The molecule has 1 aromatic rings. The fourth-order valence-electron chi connectivity index (χ4n) is 6.01. The Kier molecular flexibility index (Phi) is 21.1. The third-order valence-corrected chi connectivity index (χ3v) is 9.39. The van der Waals surface area contributed by atoms with Crippen LogP contribution in [0.5, 0.6) is 0 Å². The van der Waals surface area contributed by atoms with Gasteiger partial charge in [0, 0.05) is 22.3 Å². The van der Waals surface area contributed by atoms with E-state index in [2.05, 4.69) is 97.9 Å². The summed E-state index contributed by atoms with van der Waals surface area (Å²) in [4.78, 5) is 25.7. The maximum Gasteiger partial charge on any atom is 0.190 e. The fourth-order valence-corrected chi connectivity index (χ4v) is 6.01. The second-order valence-electron chi connectivity index (χ2n) is 14.3. The van der Waals surface area contributed by atoms with E-state index in [0.717, 1.165) is 64.2 Å². The molecule has 2 heteroatoms. The molecule has 2 nitrogen and oxygen atoms in total. The van der Waals surface area contributed by atoms with Crippen molar-refractivity contribution in [1.82, 2.24) is 0 Å². The van der Waals surface area contributed by atoms with E-state index in [0.29, 0.717) is 28.7 Å². The number of hydrogen-bond acceptors (Lipinski definition) is 2. The van der Waals surface area contributed by atoms with Crippen molar-refractivity contribution in [3.63, 3.8) is 0 Å². The molecule has 0 fully saturated rings. The lowest BCUT2D eigenvalue weighted by Crippen LogP contribution is -2.20. The number of benzene rings is 1. The van der Waals surface area contributed by atoms with Gasteiger partial charge in [-0.25, -0.2) is 0 Å². The molecule has 0 N–H and O–H groups in total. The van der Waals surface area contributed by atoms with Crippen molar-refractivity contribution in [2.45, 2.75) is 153 Å². The van der Waals surface area contributed by atoms with Crippen LogP contribution in [0.3, 0.4) is 0 Å². The zero-order valence-electron chi connectivity index (χ0n) is 31.9. The predicted octanol–water partition coefficient (Wildman–Crippen LogP) is 14.7. The van der Waals surface area contributed by atoms with E-state index in [1.807, 2.05) is 12.1 Å². The van der Waals surface area contributed by atoms with Crippen molar-refractivity contribution in [2.24, 2.45) is 0 Å². The Bertz CT molecular complexity index is 1490. The summed E-state index contributed by atoms with van der Waals surface area (Å²) in [5.41, 5.74) is 12.4. The number of ketones is 2. The molecular formula is C47H68O2. The Morgan fingerprint density at radius 2 is 0.776 bits per heavy atom. The maximum absolute atomic E-state index is 13.0. The van der Waals surface area contributed by atoms with Gasteiger partial charge in [0.25, 0.3) is 0 Å². The van der Waals surface area contributed by atoms with E-state index in [4.69, 9.17) is 0 Å². The van der Waals surface area contributed by atoms with Crippen LogP contribution in [0.2, 0.25) is 0 Å². The molecule has 2 rings (SSSR count). The van der Waals surface area contributed by atoms with Gasteiger partial charge in [-0.15, -0.1) is 0 Å². The summed E-state index contributed by atoms with van der Waals surface area (Å²) in [7, 11) is 0. The van der Waals surface area contributed by atoms with E-state index < -0.39 is 0 Å². The van der Waals surface area contributed by atoms with Crippen molar-refractivity contribution in [2.75, 3.05) is 0 Å². The summed E-state index contributed by atoms with van der Waals surface area (Å²) < 4.78 is 0. The van der Waals surface area contributed by atoms with Gasteiger partial charge in [0.2, 0.25) is 0 Å². The third-order valence-electron chi connectivity index (χ3n) is 9.39. The summed E-state index contributed by atoms with van der Waals surface area (Å²) in [5.74, 6) is -0.0311. The van der Waals surface area contributed by atoms with Gasteiger partial charge in [0.1, 0.15) is 0 Å². The molecule has 1 aliphatic carbocycles. The first-order valence-electron chi connectivity index (χ1n) is 18.3. The lowest BCUT2D eigenvalue weighted by atomic mass is 9.83. The lowest BCUT2D eigenvalue weighted by Gasteiger charge is -2.18. The number of hydrogen-bond donors (Lipinski definition) is 0. The van der Waals surface area contributed by atoms with Gasteiger partial charge in [-0.2, -0.15) is 0 Å². The van der Waals surface area contributed by atoms with Crippen molar-refractivity contribution in [3.05, 3.63) is 128 Å². The van der Waals surface area contributed by atoms with Crippen LogP contribution in [-0.2, 0) is 0 Å². The third kappa shape index (κ3) is 17.1. The smallest absolute Gasteiger partial charge is 0.190 e. The summed E-state index contributed by atoms with van der Waals surface area (Å²) in [6.07, 6.45) is 30.4. The first-order chi connectivity index (χ1) is 22.9. The standard InChI is InChI=1S/C46H64O2.CH4/c1-34(2)18-12-19-35(3)20-13-21-36(4)22-14-23-37(5)24-15-25-38(6)26-16-27-39(7)28-17-29-40(8)32-33-42-41(9)45(47)43-30-10-11-31-44(43)46(42)48;/h10-11,18,20,22,24,26,28,30-32H,12-17,19,21,23,25,27,29,33H2,1-9H3;1H4/b35-20+,36-22+,37-24+,38-26+,39-28+,40-32+;. The zero-order chi connectivity index (χ0) is 35.5. The molecule has 0 radical (unpaired) electrons.